The van der Waals surface area contributed by atoms with Gasteiger partial charge in [-0.05, 0) is 37.1 Å². The van der Waals surface area contributed by atoms with Crippen LogP contribution in [0.5, 0.6) is 0 Å². The molecule has 18 heavy (non-hydrogen) atoms. The molecule has 0 saturated carbocycles. The zero-order valence-corrected chi connectivity index (χ0v) is 12.9. The van der Waals surface area contributed by atoms with Crippen molar-refractivity contribution >= 4 is 39.0 Å². The second kappa shape index (κ2) is 6.29. The molecule has 3 N–H and O–H groups in total. The van der Waals surface area contributed by atoms with Crippen LogP contribution >= 0.6 is 28.1 Å². The van der Waals surface area contributed by atoms with E-state index < -0.39 is 5.54 Å². The number of halogens is 1. The van der Waals surface area contributed by atoms with E-state index in [2.05, 4.69) is 21.2 Å². The number of carbonyl (C=O) groups is 1. The first-order valence-electron chi connectivity index (χ1n) is 5.83. The minimum atomic E-state index is -0.598. The summed E-state index contributed by atoms with van der Waals surface area (Å²) in [6.45, 7) is 3.93. The second-order valence-electron chi connectivity index (χ2n) is 4.11. The first-order chi connectivity index (χ1) is 8.45. The monoisotopic (exact) mass is 328 g/mol. The van der Waals surface area contributed by atoms with Crippen LogP contribution in [0.2, 0.25) is 0 Å². The molecule has 1 rings (SSSR count). The Balaban J connectivity index is 2.91. The molecule has 0 bridgehead atoms. The van der Waals surface area contributed by atoms with Gasteiger partial charge in [-0.1, -0.05) is 42.0 Å². The van der Waals surface area contributed by atoms with Crippen LogP contribution in [-0.2, 0) is 0 Å². The standard InChI is InChI=1S/C13H17BrN2OS/c1-3-13(4-2,12(15)18)16-11(17)9-5-7-10(14)8-6-9/h5-8H,3-4H2,1-2H3,(H2,15,18)(H,16,17). The van der Waals surface area contributed by atoms with Crippen molar-refractivity contribution < 1.29 is 4.79 Å². The molecule has 0 aliphatic carbocycles. The SMILES string of the molecule is CCC(CC)(NC(=O)c1ccc(Br)cc1)C(N)=S. The third-order valence-electron chi connectivity index (χ3n) is 3.14. The van der Waals surface area contributed by atoms with Gasteiger partial charge in [-0.3, -0.25) is 4.79 Å². The Hall–Kier alpha value is -0.940. The van der Waals surface area contributed by atoms with E-state index in [4.69, 9.17) is 18.0 Å². The molecule has 0 unspecified atom stereocenters. The number of carbonyl (C=O) groups excluding carboxylic acids is 1. The van der Waals surface area contributed by atoms with Gasteiger partial charge in [0.2, 0.25) is 0 Å². The molecule has 0 spiro atoms. The molecule has 1 amide bonds. The highest BCUT2D eigenvalue weighted by Gasteiger charge is 2.31. The quantitative estimate of drug-likeness (QED) is 0.817. The lowest BCUT2D eigenvalue weighted by Crippen LogP contribution is -2.55. The van der Waals surface area contributed by atoms with E-state index in [-0.39, 0.29) is 5.91 Å². The second-order valence-corrected chi connectivity index (χ2v) is 5.47. The number of thiocarbonyl (C=S) groups is 1. The predicted molar refractivity (Wildman–Crippen MR) is 81.7 cm³/mol. The summed E-state index contributed by atoms with van der Waals surface area (Å²) in [6.07, 6.45) is 1.36. The summed E-state index contributed by atoms with van der Waals surface area (Å²) < 4.78 is 0.936. The zero-order valence-electron chi connectivity index (χ0n) is 10.5. The van der Waals surface area contributed by atoms with Gasteiger partial charge in [-0.15, -0.1) is 0 Å². The van der Waals surface area contributed by atoms with Crippen LogP contribution in [0.3, 0.4) is 0 Å². The Labute approximate surface area is 121 Å². The maximum Gasteiger partial charge on any atom is 0.252 e. The van der Waals surface area contributed by atoms with Gasteiger partial charge >= 0.3 is 0 Å². The fraction of sp³-hybridized carbons (Fsp3) is 0.385. The van der Waals surface area contributed by atoms with Crippen LogP contribution in [0.1, 0.15) is 37.0 Å². The van der Waals surface area contributed by atoms with Crippen LogP contribution in [-0.4, -0.2) is 16.4 Å². The molecule has 1 aromatic carbocycles. The van der Waals surface area contributed by atoms with Gasteiger partial charge in [0.05, 0.1) is 10.5 Å². The smallest absolute Gasteiger partial charge is 0.252 e. The summed E-state index contributed by atoms with van der Waals surface area (Å²) >= 11 is 8.41. The van der Waals surface area contributed by atoms with Crippen LogP contribution < -0.4 is 11.1 Å². The van der Waals surface area contributed by atoms with Crippen molar-refractivity contribution in [1.29, 1.82) is 0 Å². The number of nitrogens with one attached hydrogen (secondary N) is 1. The van der Waals surface area contributed by atoms with E-state index >= 15 is 0 Å². The average Bonchev–Trinajstić information content (AvgIpc) is 2.36. The van der Waals surface area contributed by atoms with Gasteiger partial charge < -0.3 is 11.1 Å². The maximum atomic E-state index is 12.2. The first-order valence-corrected chi connectivity index (χ1v) is 7.03. The number of hydrogen-bond donors (Lipinski definition) is 2. The Bertz CT molecular complexity index is 441. The number of rotatable bonds is 5. The summed E-state index contributed by atoms with van der Waals surface area (Å²) in [5.74, 6) is -0.154. The number of hydrogen-bond acceptors (Lipinski definition) is 2. The number of benzene rings is 1. The summed E-state index contributed by atoms with van der Waals surface area (Å²) in [6, 6.07) is 7.18. The van der Waals surface area contributed by atoms with Gasteiger partial charge in [0, 0.05) is 10.0 Å². The van der Waals surface area contributed by atoms with Gasteiger partial charge in [-0.25, -0.2) is 0 Å². The molecular formula is C13H17BrN2OS. The molecule has 98 valence electrons. The third kappa shape index (κ3) is 3.29. The lowest BCUT2D eigenvalue weighted by Gasteiger charge is -2.31. The number of amides is 1. The summed E-state index contributed by atoms with van der Waals surface area (Å²) in [4.78, 5) is 12.5. The Morgan fingerprint density at radius 1 is 1.33 bits per heavy atom. The van der Waals surface area contributed by atoms with Crippen molar-refractivity contribution in [3.63, 3.8) is 0 Å². The van der Waals surface area contributed by atoms with E-state index in [0.29, 0.717) is 23.4 Å². The van der Waals surface area contributed by atoms with Crippen LogP contribution in [0, 0.1) is 0 Å². The van der Waals surface area contributed by atoms with Crippen LogP contribution in [0.25, 0.3) is 0 Å². The Morgan fingerprint density at radius 2 is 1.83 bits per heavy atom. The zero-order chi connectivity index (χ0) is 13.8. The lowest BCUT2D eigenvalue weighted by molar-refractivity contribution is 0.0920. The number of nitrogens with two attached hydrogens (primary N) is 1. The Kier molecular flexibility index (Phi) is 5.28. The van der Waals surface area contributed by atoms with Gasteiger partial charge in [0.1, 0.15) is 0 Å². The highest BCUT2D eigenvalue weighted by Crippen LogP contribution is 2.17. The average molecular weight is 329 g/mol. The largest absolute Gasteiger partial charge is 0.391 e. The normalized spacial score (nSPS) is 11.1. The molecule has 5 heteroatoms. The summed E-state index contributed by atoms with van der Waals surface area (Å²) in [5, 5.41) is 2.94. The molecule has 0 atom stereocenters. The topological polar surface area (TPSA) is 55.1 Å². The lowest BCUT2D eigenvalue weighted by atomic mass is 9.92. The van der Waals surface area contributed by atoms with Crippen molar-refractivity contribution in [1.82, 2.24) is 5.32 Å². The highest BCUT2D eigenvalue weighted by atomic mass is 79.9. The molecule has 0 aromatic heterocycles. The van der Waals surface area contributed by atoms with Crippen molar-refractivity contribution in [2.24, 2.45) is 5.73 Å². The van der Waals surface area contributed by atoms with Crippen molar-refractivity contribution in [3.8, 4) is 0 Å². The van der Waals surface area contributed by atoms with E-state index in [1.807, 2.05) is 26.0 Å². The fourth-order valence-electron chi connectivity index (χ4n) is 1.73. The summed E-state index contributed by atoms with van der Waals surface area (Å²) in [5.41, 5.74) is 5.75. The molecule has 0 fully saturated rings. The van der Waals surface area contributed by atoms with E-state index in [1.54, 1.807) is 12.1 Å². The van der Waals surface area contributed by atoms with Crippen molar-refractivity contribution in [2.45, 2.75) is 32.2 Å². The predicted octanol–water partition coefficient (Wildman–Crippen LogP) is 3.02. The minimum Gasteiger partial charge on any atom is -0.391 e. The van der Waals surface area contributed by atoms with Crippen LogP contribution in [0.4, 0.5) is 0 Å². The van der Waals surface area contributed by atoms with E-state index in [0.717, 1.165) is 4.47 Å². The van der Waals surface area contributed by atoms with Gasteiger partial charge in [-0.2, -0.15) is 0 Å². The van der Waals surface area contributed by atoms with Crippen molar-refractivity contribution in [2.75, 3.05) is 0 Å². The molecule has 0 aliphatic rings. The summed E-state index contributed by atoms with van der Waals surface area (Å²) in [7, 11) is 0. The molecule has 0 saturated heterocycles. The molecule has 3 nitrogen and oxygen atoms in total. The van der Waals surface area contributed by atoms with Gasteiger partial charge in [0.25, 0.3) is 5.91 Å². The van der Waals surface area contributed by atoms with Crippen LogP contribution in [0.15, 0.2) is 28.7 Å². The first kappa shape index (κ1) is 15.1. The van der Waals surface area contributed by atoms with E-state index in [1.165, 1.54) is 0 Å². The maximum absolute atomic E-state index is 12.2. The minimum absolute atomic E-state index is 0.154. The molecule has 0 heterocycles. The third-order valence-corrected chi connectivity index (χ3v) is 4.06. The molecule has 0 radical (unpaired) electrons. The molecule has 1 aromatic rings. The van der Waals surface area contributed by atoms with Gasteiger partial charge in [0.15, 0.2) is 0 Å². The van der Waals surface area contributed by atoms with Crippen molar-refractivity contribution in [3.05, 3.63) is 34.3 Å². The molecular weight excluding hydrogens is 312 g/mol. The highest BCUT2D eigenvalue weighted by molar-refractivity contribution is 9.10. The Morgan fingerprint density at radius 3 is 2.22 bits per heavy atom. The molecule has 0 aliphatic heterocycles. The van der Waals surface area contributed by atoms with E-state index in [9.17, 15) is 4.79 Å². The fourth-order valence-corrected chi connectivity index (χ4v) is 2.33.